The van der Waals surface area contributed by atoms with Crippen LogP contribution >= 0.6 is 11.3 Å². The largest absolute Gasteiger partial charge is 0.360 e. The van der Waals surface area contributed by atoms with Crippen molar-refractivity contribution in [3.63, 3.8) is 0 Å². The van der Waals surface area contributed by atoms with Crippen molar-refractivity contribution in [3.8, 4) is 0 Å². The SMILES string of the molecule is O=C(Nc1nc2ccc([N+](=O)[O-])cc2s1)c1c[nH]c2ccccc12. The topological polar surface area (TPSA) is 101 Å². The van der Waals surface area contributed by atoms with E-state index in [0.717, 1.165) is 10.9 Å². The van der Waals surface area contributed by atoms with E-state index in [1.165, 1.54) is 23.5 Å². The third kappa shape index (κ3) is 2.38. The van der Waals surface area contributed by atoms with Crippen LogP contribution in [0.5, 0.6) is 0 Å². The summed E-state index contributed by atoms with van der Waals surface area (Å²) in [5.41, 5.74) is 2.01. The lowest BCUT2D eigenvalue weighted by Gasteiger charge is -1.99. The van der Waals surface area contributed by atoms with E-state index in [2.05, 4.69) is 15.3 Å². The summed E-state index contributed by atoms with van der Waals surface area (Å²) in [5, 5.41) is 14.8. The first-order chi connectivity index (χ1) is 11.6. The lowest BCUT2D eigenvalue weighted by Crippen LogP contribution is -2.10. The van der Waals surface area contributed by atoms with Crippen molar-refractivity contribution < 1.29 is 9.72 Å². The fraction of sp³-hybridized carbons (Fsp3) is 0. The summed E-state index contributed by atoms with van der Waals surface area (Å²) in [6, 6.07) is 11.9. The van der Waals surface area contributed by atoms with Crippen molar-refractivity contribution in [1.82, 2.24) is 9.97 Å². The third-order valence-corrected chi connectivity index (χ3v) is 4.57. The Hall–Kier alpha value is -3.26. The number of nitro benzene ring substituents is 1. The molecule has 0 fully saturated rings. The van der Waals surface area contributed by atoms with Gasteiger partial charge in [-0.3, -0.25) is 20.2 Å². The van der Waals surface area contributed by atoms with Gasteiger partial charge in [0.1, 0.15) is 0 Å². The Balaban J connectivity index is 1.66. The van der Waals surface area contributed by atoms with E-state index < -0.39 is 4.92 Å². The summed E-state index contributed by atoms with van der Waals surface area (Å²) in [6.45, 7) is 0. The molecule has 2 aromatic heterocycles. The fourth-order valence-electron chi connectivity index (χ4n) is 2.50. The predicted molar refractivity (Wildman–Crippen MR) is 92.5 cm³/mol. The second-order valence-corrected chi connectivity index (χ2v) is 6.16. The number of anilines is 1. The number of carbonyl (C=O) groups is 1. The zero-order valence-corrected chi connectivity index (χ0v) is 13.0. The van der Waals surface area contributed by atoms with Crippen molar-refractivity contribution in [1.29, 1.82) is 0 Å². The van der Waals surface area contributed by atoms with Crippen LogP contribution in [0, 0.1) is 10.1 Å². The molecule has 2 aromatic carbocycles. The van der Waals surface area contributed by atoms with E-state index in [9.17, 15) is 14.9 Å². The number of fused-ring (bicyclic) bond motifs is 2. The van der Waals surface area contributed by atoms with Crippen LogP contribution in [0.25, 0.3) is 21.1 Å². The van der Waals surface area contributed by atoms with Crippen LogP contribution in [-0.2, 0) is 0 Å². The zero-order valence-electron chi connectivity index (χ0n) is 12.1. The number of nitro groups is 1. The maximum absolute atomic E-state index is 12.5. The highest BCUT2D eigenvalue weighted by Gasteiger charge is 2.15. The van der Waals surface area contributed by atoms with Gasteiger partial charge in [-0.15, -0.1) is 0 Å². The van der Waals surface area contributed by atoms with Gasteiger partial charge >= 0.3 is 0 Å². The van der Waals surface area contributed by atoms with Gasteiger partial charge in [-0.25, -0.2) is 4.98 Å². The molecule has 4 rings (SSSR count). The second kappa shape index (κ2) is 5.43. The number of benzene rings is 2. The monoisotopic (exact) mass is 338 g/mol. The highest BCUT2D eigenvalue weighted by Crippen LogP contribution is 2.29. The smallest absolute Gasteiger partial charge is 0.270 e. The molecule has 7 nitrogen and oxygen atoms in total. The number of para-hydroxylation sites is 1. The molecule has 0 saturated heterocycles. The number of thiazole rings is 1. The molecular formula is C16H10N4O3S. The molecule has 0 spiro atoms. The molecular weight excluding hydrogens is 328 g/mol. The van der Waals surface area contributed by atoms with Gasteiger partial charge < -0.3 is 4.98 Å². The van der Waals surface area contributed by atoms with E-state index >= 15 is 0 Å². The van der Waals surface area contributed by atoms with Gasteiger partial charge in [-0.2, -0.15) is 0 Å². The van der Waals surface area contributed by atoms with E-state index in [4.69, 9.17) is 0 Å². The molecule has 8 heteroatoms. The van der Waals surface area contributed by atoms with E-state index in [1.54, 1.807) is 12.3 Å². The summed E-state index contributed by atoms with van der Waals surface area (Å²) in [6.07, 6.45) is 1.65. The minimum atomic E-state index is -0.455. The standard InChI is InChI=1S/C16H10N4O3S/c21-15(11-8-17-12-4-2-1-3-10(11)12)19-16-18-13-6-5-9(20(22)23)7-14(13)24-16/h1-8,17H,(H,18,19,21). The minimum Gasteiger partial charge on any atom is -0.360 e. The highest BCUT2D eigenvalue weighted by molar-refractivity contribution is 7.22. The first-order valence-corrected chi connectivity index (χ1v) is 7.86. The normalized spacial score (nSPS) is 11.0. The molecule has 0 radical (unpaired) electrons. The molecule has 2 heterocycles. The molecule has 4 aromatic rings. The van der Waals surface area contributed by atoms with Gasteiger partial charge in [0.25, 0.3) is 11.6 Å². The van der Waals surface area contributed by atoms with E-state index in [0.29, 0.717) is 20.9 Å². The van der Waals surface area contributed by atoms with Gasteiger partial charge in [-0.05, 0) is 12.1 Å². The summed E-state index contributed by atoms with van der Waals surface area (Å²) in [4.78, 5) is 30.2. The Morgan fingerprint density at radius 2 is 2.08 bits per heavy atom. The molecule has 0 saturated carbocycles. The van der Waals surface area contributed by atoms with Crippen molar-refractivity contribution in [2.24, 2.45) is 0 Å². The highest BCUT2D eigenvalue weighted by atomic mass is 32.1. The quantitative estimate of drug-likeness (QED) is 0.436. The lowest BCUT2D eigenvalue weighted by atomic mass is 10.2. The number of carbonyl (C=O) groups excluding carboxylic acids is 1. The van der Waals surface area contributed by atoms with Crippen LogP contribution in [-0.4, -0.2) is 20.8 Å². The van der Waals surface area contributed by atoms with Gasteiger partial charge in [0, 0.05) is 29.2 Å². The summed E-state index contributed by atoms with van der Waals surface area (Å²) in [5.74, 6) is -0.277. The second-order valence-electron chi connectivity index (χ2n) is 5.13. The van der Waals surface area contributed by atoms with Crippen LogP contribution in [0.3, 0.4) is 0 Å². The van der Waals surface area contributed by atoms with Gasteiger partial charge in [0.05, 0.1) is 20.7 Å². The molecule has 0 aliphatic rings. The lowest BCUT2D eigenvalue weighted by molar-refractivity contribution is -0.384. The maximum atomic E-state index is 12.5. The van der Waals surface area contributed by atoms with Gasteiger partial charge in [0.2, 0.25) is 0 Å². The average molecular weight is 338 g/mol. The number of nitrogens with one attached hydrogen (secondary N) is 2. The molecule has 118 valence electrons. The molecule has 0 aliphatic heterocycles. The van der Waals surface area contributed by atoms with Crippen molar-refractivity contribution >= 4 is 49.2 Å². The number of H-pyrrole nitrogens is 1. The van der Waals surface area contributed by atoms with Crippen LogP contribution < -0.4 is 5.32 Å². The molecule has 0 atom stereocenters. The Labute approximate surface area is 139 Å². The minimum absolute atomic E-state index is 0.000607. The van der Waals surface area contributed by atoms with Crippen molar-refractivity contribution in [2.75, 3.05) is 5.32 Å². The molecule has 0 unspecified atom stereocenters. The summed E-state index contributed by atoms with van der Waals surface area (Å²) < 4.78 is 0.651. The number of nitrogens with zero attached hydrogens (tertiary/aromatic N) is 2. The van der Waals surface area contributed by atoms with Crippen molar-refractivity contribution in [2.45, 2.75) is 0 Å². The number of rotatable bonds is 3. The van der Waals surface area contributed by atoms with Crippen LogP contribution in [0.1, 0.15) is 10.4 Å². The summed E-state index contributed by atoms with van der Waals surface area (Å²) in [7, 11) is 0. The number of non-ortho nitro benzene ring substituents is 1. The Morgan fingerprint density at radius 1 is 1.25 bits per heavy atom. The third-order valence-electron chi connectivity index (χ3n) is 3.64. The van der Waals surface area contributed by atoms with Crippen LogP contribution in [0.15, 0.2) is 48.7 Å². The fourth-order valence-corrected chi connectivity index (χ4v) is 3.40. The molecule has 2 N–H and O–H groups in total. The number of hydrogen-bond acceptors (Lipinski definition) is 5. The first kappa shape index (κ1) is 14.3. The zero-order chi connectivity index (χ0) is 16.7. The molecule has 24 heavy (non-hydrogen) atoms. The predicted octanol–water partition coefficient (Wildman–Crippen LogP) is 3.94. The van der Waals surface area contributed by atoms with Gasteiger partial charge in [-0.1, -0.05) is 29.5 Å². The Morgan fingerprint density at radius 3 is 2.92 bits per heavy atom. The van der Waals surface area contributed by atoms with Crippen LogP contribution in [0.2, 0.25) is 0 Å². The van der Waals surface area contributed by atoms with E-state index in [1.807, 2.05) is 24.3 Å². The number of amides is 1. The first-order valence-electron chi connectivity index (χ1n) is 7.04. The Kier molecular flexibility index (Phi) is 3.24. The molecule has 1 amide bonds. The Bertz CT molecular complexity index is 1100. The number of hydrogen-bond donors (Lipinski definition) is 2. The van der Waals surface area contributed by atoms with Gasteiger partial charge in [0.15, 0.2) is 5.13 Å². The van der Waals surface area contributed by atoms with E-state index in [-0.39, 0.29) is 11.6 Å². The molecule has 0 bridgehead atoms. The number of aromatic nitrogens is 2. The summed E-state index contributed by atoms with van der Waals surface area (Å²) >= 11 is 1.20. The molecule has 0 aliphatic carbocycles. The van der Waals surface area contributed by atoms with Crippen LogP contribution in [0.4, 0.5) is 10.8 Å². The average Bonchev–Trinajstić information content (AvgIpc) is 3.17. The maximum Gasteiger partial charge on any atom is 0.270 e. The number of aromatic amines is 1. The van der Waals surface area contributed by atoms with Crippen molar-refractivity contribution in [3.05, 3.63) is 64.3 Å².